The average molecular weight is 327 g/mol. The van der Waals surface area contributed by atoms with Crippen molar-refractivity contribution in [2.75, 3.05) is 33.8 Å². The van der Waals surface area contributed by atoms with E-state index in [1.165, 1.54) is 0 Å². The van der Waals surface area contributed by atoms with Crippen LogP contribution in [0, 0.1) is 5.92 Å². The van der Waals surface area contributed by atoms with Gasteiger partial charge in [-0.05, 0) is 43.6 Å². The van der Waals surface area contributed by atoms with E-state index >= 15 is 0 Å². The fraction of sp³-hybridized carbons (Fsp3) is 0.500. The second-order valence-corrected chi connectivity index (χ2v) is 5.80. The molecule has 1 amide bonds. The molecule has 104 valence electrons. The Morgan fingerprint density at radius 2 is 2.37 bits per heavy atom. The molecule has 1 aliphatic rings. The summed E-state index contributed by atoms with van der Waals surface area (Å²) in [5, 5.41) is 3.32. The van der Waals surface area contributed by atoms with Crippen LogP contribution in [0.3, 0.4) is 0 Å². The molecular weight excluding hydrogens is 308 g/mol. The molecule has 2 rings (SSSR count). The number of nitrogens with one attached hydrogen (secondary N) is 1. The van der Waals surface area contributed by atoms with Gasteiger partial charge in [-0.15, -0.1) is 0 Å². The Morgan fingerprint density at radius 3 is 3.00 bits per heavy atom. The van der Waals surface area contributed by atoms with E-state index in [4.69, 9.17) is 4.74 Å². The summed E-state index contributed by atoms with van der Waals surface area (Å²) in [7, 11) is 3.43. The molecular formula is C14H19BrN2O2. The lowest BCUT2D eigenvalue weighted by molar-refractivity contribution is 0.0772. The molecule has 1 saturated heterocycles. The fourth-order valence-electron chi connectivity index (χ4n) is 2.39. The molecule has 1 aliphatic heterocycles. The first kappa shape index (κ1) is 14.3. The minimum Gasteiger partial charge on any atom is -0.496 e. The van der Waals surface area contributed by atoms with Gasteiger partial charge in [0.25, 0.3) is 5.91 Å². The summed E-state index contributed by atoms with van der Waals surface area (Å²) in [6.07, 6.45) is 1.13. The van der Waals surface area contributed by atoms with Crippen LogP contribution in [-0.2, 0) is 0 Å². The van der Waals surface area contributed by atoms with E-state index in [9.17, 15) is 4.79 Å². The molecule has 5 heteroatoms. The van der Waals surface area contributed by atoms with E-state index in [0.29, 0.717) is 17.2 Å². The highest BCUT2D eigenvalue weighted by molar-refractivity contribution is 9.10. The Labute approximate surface area is 122 Å². The molecule has 1 unspecified atom stereocenters. The van der Waals surface area contributed by atoms with Crippen LogP contribution in [0.5, 0.6) is 5.75 Å². The second-order valence-electron chi connectivity index (χ2n) is 4.89. The monoisotopic (exact) mass is 326 g/mol. The van der Waals surface area contributed by atoms with E-state index in [1.54, 1.807) is 12.0 Å². The molecule has 0 aliphatic carbocycles. The molecule has 1 aromatic carbocycles. The Kier molecular flexibility index (Phi) is 4.82. The average Bonchev–Trinajstić information content (AvgIpc) is 2.90. The SMILES string of the molecule is COc1ccc(Br)cc1C(=O)N(C)CC1CCNC1. The molecule has 19 heavy (non-hydrogen) atoms. The van der Waals surface area contributed by atoms with Gasteiger partial charge in [0.2, 0.25) is 0 Å². The fourth-order valence-corrected chi connectivity index (χ4v) is 2.75. The number of hydrogen-bond donors (Lipinski definition) is 1. The van der Waals surface area contributed by atoms with Crippen LogP contribution in [0.15, 0.2) is 22.7 Å². The first-order chi connectivity index (χ1) is 9.11. The summed E-state index contributed by atoms with van der Waals surface area (Å²) in [4.78, 5) is 14.2. The zero-order valence-corrected chi connectivity index (χ0v) is 12.9. The van der Waals surface area contributed by atoms with Crippen LogP contribution in [-0.4, -0.2) is 44.6 Å². The summed E-state index contributed by atoms with van der Waals surface area (Å²) < 4.78 is 6.14. The van der Waals surface area contributed by atoms with Gasteiger partial charge in [-0.1, -0.05) is 15.9 Å². The molecule has 1 fully saturated rings. The van der Waals surface area contributed by atoms with Crippen molar-refractivity contribution in [1.82, 2.24) is 10.2 Å². The summed E-state index contributed by atoms with van der Waals surface area (Å²) in [5.41, 5.74) is 0.602. The zero-order valence-electron chi connectivity index (χ0n) is 11.3. The first-order valence-corrected chi connectivity index (χ1v) is 7.21. The predicted molar refractivity (Wildman–Crippen MR) is 78.6 cm³/mol. The molecule has 0 saturated carbocycles. The van der Waals surface area contributed by atoms with Crippen molar-refractivity contribution in [1.29, 1.82) is 0 Å². The Hall–Kier alpha value is -1.07. The molecule has 1 aromatic rings. The Morgan fingerprint density at radius 1 is 1.58 bits per heavy atom. The van der Waals surface area contributed by atoms with E-state index in [2.05, 4.69) is 21.2 Å². The van der Waals surface area contributed by atoms with Crippen LogP contribution < -0.4 is 10.1 Å². The highest BCUT2D eigenvalue weighted by atomic mass is 79.9. The molecule has 1 N–H and O–H groups in total. The van der Waals surface area contributed by atoms with Crippen molar-refractivity contribution in [3.05, 3.63) is 28.2 Å². The molecule has 0 aromatic heterocycles. The maximum atomic E-state index is 12.5. The number of amides is 1. The van der Waals surface area contributed by atoms with Crippen LogP contribution >= 0.6 is 15.9 Å². The largest absolute Gasteiger partial charge is 0.496 e. The lowest BCUT2D eigenvalue weighted by Crippen LogP contribution is -2.32. The number of methoxy groups -OCH3 is 1. The third kappa shape index (κ3) is 3.48. The van der Waals surface area contributed by atoms with E-state index in [0.717, 1.165) is 30.5 Å². The number of ether oxygens (including phenoxy) is 1. The molecule has 4 nitrogen and oxygen atoms in total. The lowest BCUT2D eigenvalue weighted by atomic mass is 10.1. The summed E-state index contributed by atoms with van der Waals surface area (Å²) in [6.45, 7) is 2.82. The van der Waals surface area contributed by atoms with Gasteiger partial charge in [0.1, 0.15) is 5.75 Å². The van der Waals surface area contributed by atoms with E-state index in [1.807, 2.05) is 25.2 Å². The predicted octanol–water partition coefficient (Wildman–Crippen LogP) is 2.14. The van der Waals surface area contributed by atoms with E-state index in [-0.39, 0.29) is 5.91 Å². The van der Waals surface area contributed by atoms with Crippen LogP contribution in [0.1, 0.15) is 16.8 Å². The highest BCUT2D eigenvalue weighted by Crippen LogP contribution is 2.24. The summed E-state index contributed by atoms with van der Waals surface area (Å²) in [5.74, 6) is 1.17. The van der Waals surface area contributed by atoms with Crippen molar-refractivity contribution in [3.8, 4) is 5.75 Å². The quantitative estimate of drug-likeness (QED) is 0.921. The van der Waals surface area contributed by atoms with Crippen molar-refractivity contribution < 1.29 is 9.53 Å². The smallest absolute Gasteiger partial charge is 0.257 e. The minimum atomic E-state index is 0.00468. The van der Waals surface area contributed by atoms with Crippen LogP contribution in [0.2, 0.25) is 0 Å². The van der Waals surface area contributed by atoms with Crippen molar-refractivity contribution in [2.45, 2.75) is 6.42 Å². The number of carbonyl (C=O) groups is 1. The standard InChI is InChI=1S/C14H19BrN2O2/c1-17(9-10-5-6-16-8-10)14(18)12-7-11(15)3-4-13(12)19-2/h3-4,7,10,16H,5-6,8-9H2,1-2H3. The van der Waals surface area contributed by atoms with Gasteiger partial charge in [-0.2, -0.15) is 0 Å². The maximum absolute atomic E-state index is 12.5. The van der Waals surface area contributed by atoms with Crippen molar-refractivity contribution >= 4 is 21.8 Å². The maximum Gasteiger partial charge on any atom is 0.257 e. The second kappa shape index (κ2) is 6.39. The van der Waals surface area contributed by atoms with Gasteiger partial charge >= 0.3 is 0 Å². The zero-order chi connectivity index (χ0) is 13.8. The van der Waals surface area contributed by atoms with Crippen LogP contribution in [0.4, 0.5) is 0 Å². The number of carbonyl (C=O) groups excluding carboxylic acids is 1. The van der Waals surface area contributed by atoms with Crippen molar-refractivity contribution in [2.24, 2.45) is 5.92 Å². The molecule has 1 atom stereocenters. The first-order valence-electron chi connectivity index (χ1n) is 6.41. The molecule has 0 radical (unpaired) electrons. The van der Waals surface area contributed by atoms with Crippen molar-refractivity contribution in [3.63, 3.8) is 0 Å². The Balaban J connectivity index is 2.11. The Bertz CT molecular complexity index is 459. The minimum absolute atomic E-state index is 0.00468. The van der Waals surface area contributed by atoms with Gasteiger partial charge in [0, 0.05) is 18.1 Å². The van der Waals surface area contributed by atoms with Gasteiger partial charge in [-0.25, -0.2) is 0 Å². The van der Waals surface area contributed by atoms with Crippen LogP contribution in [0.25, 0.3) is 0 Å². The third-order valence-corrected chi connectivity index (χ3v) is 3.93. The topological polar surface area (TPSA) is 41.6 Å². The van der Waals surface area contributed by atoms with Gasteiger partial charge in [0.05, 0.1) is 12.7 Å². The molecule has 1 heterocycles. The normalized spacial score (nSPS) is 18.4. The summed E-state index contributed by atoms with van der Waals surface area (Å²) >= 11 is 3.39. The number of rotatable bonds is 4. The molecule has 0 bridgehead atoms. The number of benzene rings is 1. The highest BCUT2D eigenvalue weighted by Gasteiger charge is 2.22. The number of halogens is 1. The van der Waals surface area contributed by atoms with Gasteiger partial charge in [-0.3, -0.25) is 4.79 Å². The van der Waals surface area contributed by atoms with Gasteiger partial charge in [0.15, 0.2) is 0 Å². The third-order valence-electron chi connectivity index (χ3n) is 3.43. The summed E-state index contributed by atoms with van der Waals surface area (Å²) in [6, 6.07) is 5.49. The number of nitrogens with zero attached hydrogens (tertiary/aromatic N) is 1. The number of hydrogen-bond acceptors (Lipinski definition) is 3. The lowest BCUT2D eigenvalue weighted by Gasteiger charge is -2.21. The van der Waals surface area contributed by atoms with E-state index < -0.39 is 0 Å². The van der Waals surface area contributed by atoms with Gasteiger partial charge < -0.3 is 15.0 Å². The molecule has 0 spiro atoms.